The van der Waals surface area contributed by atoms with E-state index in [4.69, 9.17) is 0 Å². The van der Waals surface area contributed by atoms with E-state index in [2.05, 4.69) is 5.32 Å². The lowest BCUT2D eigenvalue weighted by Crippen LogP contribution is -1.92. The number of amides is 1. The number of benzene rings is 1. The van der Waals surface area contributed by atoms with E-state index in [9.17, 15) is 4.79 Å². The Morgan fingerprint density at radius 2 is 2.25 bits per heavy atom. The highest BCUT2D eigenvalue weighted by Crippen LogP contribution is 2.27. The molecule has 1 aromatic carbocycles. The van der Waals surface area contributed by atoms with Gasteiger partial charge < -0.3 is 5.32 Å². The average Bonchev–Trinajstić information content (AvgIpc) is 2.53. The minimum absolute atomic E-state index is 0.703. The van der Waals surface area contributed by atoms with Gasteiger partial charge in [0.25, 0.3) is 0 Å². The Morgan fingerprint density at radius 1 is 1.33 bits per heavy atom. The molecule has 0 saturated carbocycles. The standard InChI is InChI=1S/C9H7NOS/c11-6-10-8-3-1-2-7-4-5-12-9(7)8/h1-6H,(H,10,11). The van der Waals surface area contributed by atoms with E-state index in [-0.39, 0.29) is 0 Å². The third-order valence-corrected chi connectivity index (χ3v) is 2.66. The van der Waals surface area contributed by atoms with E-state index in [0.29, 0.717) is 6.41 Å². The first-order valence-corrected chi connectivity index (χ1v) is 4.46. The van der Waals surface area contributed by atoms with Crippen LogP contribution in [0.1, 0.15) is 0 Å². The van der Waals surface area contributed by atoms with Crippen LogP contribution in [0, 0.1) is 0 Å². The Bertz CT molecular complexity index is 408. The molecule has 2 aromatic rings. The molecule has 0 spiro atoms. The first kappa shape index (κ1) is 7.31. The van der Waals surface area contributed by atoms with E-state index < -0.39 is 0 Å². The predicted octanol–water partition coefficient (Wildman–Crippen LogP) is 2.47. The lowest BCUT2D eigenvalue weighted by molar-refractivity contribution is -0.105. The lowest BCUT2D eigenvalue weighted by atomic mass is 10.2. The molecule has 3 heteroatoms. The summed E-state index contributed by atoms with van der Waals surface area (Å²) in [6.45, 7) is 0. The molecule has 0 fully saturated rings. The number of carbonyl (C=O) groups is 1. The van der Waals surface area contributed by atoms with Crippen molar-refractivity contribution >= 4 is 33.5 Å². The second-order valence-corrected chi connectivity index (χ2v) is 3.32. The Balaban J connectivity index is 2.65. The van der Waals surface area contributed by atoms with Gasteiger partial charge in [0.05, 0.1) is 10.4 Å². The molecule has 2 nitrogen and oxygen atoms in total. The van der Waals surface area contributed by atoms with Gasteiger partial charge in [-0.2, -0.15) is 0 Å². The molecule has 0 aliphatic heterocycles. The summed E-state index contributed by atoms with van der Waals surface area (Å²) in [5, 5.41) is 5.85. The van der Waals surface area contributed by atoms with E-state index in [1.54, 1.807) is 11.3 Å². The molecule has 60 valence electrons. The van der Waals surface area contributed by atoms with Crippen molar-refractivity contribution in [3.8, 4) is 0 Å². The molecule has 1 heterocycles. The summed E-state index contributed by atoms with van der Waals surface area (Å²) in [7, 11) is 0. The zero-order valence-electron chi connectivity index (χ0n) is 6.28. The van der Waals surface area contributed by atoms with Crippen LogP contribution in [0.25, 0.3) is 10.1 Å². The molecule has 0 aliphatic rings. The van der Waals surface area contributed by atoms with Gasteiger partial charge in [-0.25, -0.2) is 0 Å². The van der Waals surface area contributed by atoms with E-state index in [1.165, 1.54) is 5.39 Å². The molecule has 0 radical (unpaired) electrons. The summed E-state index contributed by atoms with van der Waals surface area (Å²) in [6, 6.07) is 7.89. The Morgan fingerprint density at radius 3 is 3.08 bits per heavy atom. The molecule has 1 aromatic heterocycles. The van der Waals surface area contributed by atoms with Gasteiger partial charge >= 0.3 is 0 Å². The number of thiophene rings is 1. The van der Waals surface area contributed by atoms with Gasteiger partial charge in [0, 0.05) is 0 Å². The highest BCUT2D eigenvalue weighted by atomic mass is 32.1. The zero-order chi connectivity index (χ0) is 8.39. The maximum absolute atomic E-state index is 10.2. The molecule has 0 saturated heterocycles. The highest BCUT2D eigenvalue weighted by Gasteiger charge is 1.99. The molecule has 0 aliphatic carbocycles. The van der Waals surface area contributed by atoms with Crippen LogP contribution in [0.3, 0.4) is 0 Å². The second kappa shape index (κ2) is 2.95. The predicted molar refractivity (Wildman–Crippen MR) is 51.5 cm³/mol. The maximum atomic E-state index is 10.2. The molecular weight excluding hydrogens is 170 g/mol. The normalized spacial score (nSPS) is 10.0. The Hall–Kier alpha value is -1.35. The van der Waals surface area contributed by atoms with Crippen LogP contribution < -0.4 is 5.32 Å². The first-order chi connectivity index (χ1) is 5.92. The Kier molecular flexibility index (Phi) is 1.80. The van der Waals surface area contributed by atoms with Crippen molar-refractivity contribution in [1.29, 1.82) is 0 Å². The van der Waals surface area contributed by atoms with Crippen molar-refractivity contribution in [2.45, 2.75) is 0 Å². The van der Waals surface area contributed by atoms with Crippen molar-refractivity contribution in [3.63, 3.8) is 0 Å². The number of anilines is 1. The van der Waals surface area contributed by atoms with Crippen LogP contribution in [0.5, 0.6) is 0 Å². The summed E-state index contributed by atoms with van der Waals surface area (Å²) in [4.78, 5) is 10.2. The van der Waals surface area contributed by atoms with Crippen LogP contribution in [-0.2, 0) is 4.79 Å². The lowest BCUT2D eigenvalue weighted by Gasteiger charge is -1.98. The fourth-order valence-electron chi connectivity index (χ4n) is 1.17. The third kappa shape index (κ3) is 1.08. The van der Waals surface area contributed by atoms with Gasteiger partial charge in [0.1, 0.15) is 0 Å². The van der Waals surface area contributed by atoms with Gasteiger partial charge in [0.2, 0.25) is 6.41 Å². The first-order valence-electron chi connectivity index (χ1n) is 3.58. The fourth-order valence-corrected chi connectivity index (χ4v) is 2.05. The van der Waals surface area contributed by atoms with E-state index >= 15 is 0 Å². The van der Waals surface area contributed by atoms with Crippen LogP contribution in [0.4, 0.5) is 5.69 Å². The van der Waals surface area contributed by atoms with E-state index in [1.807, 2.05) is 29.6 Å². The molecule has 0 unspecified atom stereocenters. The smallest absolute Gasteiger partial charge is 0.211 e. The highest BCUT2D eigenvalue weighted by molar-refractivity contribution is 7.17. The molecule has 12 heavy (non-hydrogen) atoms. The summed E-state index contributed by atoms with van der Waals surface area (Å²) in [5.41, 5.74) is 0.887. The van der Waals surface area contributed by atoms with Crippen molar-refractivity contribution in [2.75, 3.05) is 5.32 Å². The van der Waals surface area contributed by atoms with Gasteiger partial charge in [-0.1, -0.05) is 12.1 Å². The number of nitrogens with one attached hydrogen (secondary N) is 1. The maximum Gasteiger partial charge on any atom is 0.211 e. The quantitative estimate of drug-likeness (QED) is 0.701. The molecular formula is C9H7NOS. The zero-order valence-corrected chi connectivity index (χ0v) is 7.10. The third-order valence-electron chi connectivity index (χ3n) is 1.69. The largest absolute Gasteiger partial charge is 0.327 e. The minimum Gasteiger partial charge on any atom is -0.327 e. The van der Waals surface area contributed by atoms with Gasteiger partial charge in [0.15, 0.2) is 0 Å². The van der Waals surface area contributed by atoms with Crippen LogP contribution in [-0.4, -0.2) is 6.41 Å². The number of carbonyl (C=O) groups excluding carboxylic acids is 1. The van der Waals surface area contributed by atoms with Gasteiger partial charge in [-0.15, -0.1) is 11.3 Å². The van der Waals surface area contributed by atoms with Crippen molar-refractivity contribution < 1.29 is 4.79 Å². The number of hydrogen-bond donors (Lipinski definition) is 1. The molecule has 1 amide bonds. The van der Waals surface area contributed by atoms with Crippen LogP contribution in [0.2, 0.25) is 0 Å². The number of hydrogen-bond acceptors (Lipinski definition) is 2. The molecule has 1 N–H and O–H groups in total. The average molecular weight is 177 g/mol. The van der Waals surface area contributed by atoms with Gasteiger partial charge in [-0.3, -0.25) is 4.79 Å². The van der Waals surface area contributed by atoms with E-state index in [0.717, 1.165) is 10.4 Å². The van der Waals surface area contributed by atoms with Crippen molar-refractivity contribution in [3.05, 3.63) is 29.6 Å². The van der Waals surface area contributed by atoms with Crippen LogP contribution in [0.15, 0.2) is 29.6 Å². The second-order valence-electron chi connectivity index (χ2n) is 2.41. The Labute approximate surface area is 73.8 Å². The topological polar surface area (TPSA) is 29.1 Å². The number of fused-ring (bicyclic) bond motifs is 1. The van der Waals surface area contributed by atoms with Crippen molar-refractivity contribution in [2.24, 2.45) is 0 Å². The van der Waals surface area contributed by atoms with Gasteiger partial charge in [-0.05, 0) is 22.9 Å². The summed E-state index contributed by atoms with van der Waals surface area (Å²) < 4.78 is 1.13. The molecule has 0 bridgehead atoms. The molecule has 2 rings (SSSR count). The SMILES string of the molecule is O=CNc1cccc2ccsc12. The summed E-state index contributed by atoms with van der Waals surface area (Å²) >= 11 is 1.63. The number of rotatable bonds is 2. The summed E-state index contributed by atoms with van der Waals surface area (Å²) in [6.07, 6.45) is 0.703. The fraction of sp³-hybridized carbons (Fsp3) is 0. The van der Waals surface area contributed by atoms with Crippen LogP contribution >= 0.6 is 11.3 Å². The minimum atomic E-state index is 0.703. The van der Waals surface area contributed by atoms with Crippen molar-refractivity contribution in [1.82, 2.24) is 0 Å². The summed E-state index contributed by atoms with van der Waals surface area (Å²) in [5.74, 6) is 0. The monoisotopic (exact) mass is 177 g/mol. The molecule has 0 atom stereocenters.